The summed E-state index contributed by atoms with van der Waals surface area (Å²) in [4.78, 5) is 26.8. The summed E-state index contributed by atoms with van der Waals surface area (Å²) in [6, 6.07) is -0.00990. The van der Waals surface area contributed by atoms with Gasteiger partial charge in [-0.25, -0.2) is 0 Å². The van der Waals surface area contributed by atoms with E-state index in [-0.39, 0.29) is 23.3 Å². The van der Waals surface area contributed by atoms with Crippen LogP contribution in [0.25, 0.3) is 0 Å². The fraction of sp³-hybridized carbons (Fsp3) is 0.867. The van der Waals surface area contributed by atoms with E-state index in [1.54, 1.807) is 6.92 Å². The molecule has 1 aliphatic heterocycles. The van der Waals surface area contributed by atoms with E-state index < -0.39 is 17.6 Å². The zero-order valence-electron chi connectivity index (χ0n) is 13.2. The first-order chi connectivity index (χ1) is 9.22. The second kappa shape index (κ2) is 4.81. The highest BCUT2D eigenvalue weighted by atomic mass is 16.7. The van der Waals surface area contributed by atoms with Crippen molar-refractivity contribution in [3.63, 3.8) is 0 Å². The summed E-state index contributed by atoms with van der Waals surface area (Å²) in [7, 11) is 3.00. The molecule has 0 aromatic heterocycles. The average Bonchev–Trinajstić information content (AvgIpc) is 2.71. The lowest BCUT2D eigenvalue weighted by molar-refractivity contribution is -0.169. The first-order valence-electron chi connectivity index (χ1n) is 7.15. The molecule has 0 N–H and O–H groups in total. The number of amides is 2. The minimum Gasteiger partial charge on any atom is -0.355 e. The summed E-state index contributed by atoms with van der Waals surface area (Å²) >= 11 is 0. The minimum absolute atomic E-state index is 0.00990. The molecule has 114 valence electrons. The molecule has 2 amide bonds. The van der Waals surface area contributed by atoms with Gasteiger partial charge < -0.3 is 9.47 Å². The zero-order valence-corrected chi connectivity index (χ0v) is 13.2. The Hall–Kier alpha value is -0.940. The van der Waals surface area contributed by atoms with E-state index >= 15 is 0 Å². The summed E-state index contributed by atoms with van der Waals surface area (Å²) < 4.78 is 10.3. The molecule has 5 heteroatoms. The lowest BCUT2D eigenvalue weighted by Gasteiger charge is -2.32. The van der Waals surface area contributed by atoms with Gasteiger partial charge in [0.05, 0.1) is 11.3 Å². The summed E-state index contributed by atoms with van der Waals surface area (Å²) in [5, 5.41) is 0. The molecule has 20 heavy (non-hydrogen) atoms. The Morgan fingerprint density at radius 2 is 1.85 bits per heavy atom. The Labute approximate surface area is 120 Å². The maximum absolute atomic E-state index is 12.7. The van der Waals surface area contributed by atoms with Gasteiger partial charge in [0, 0.05) is 20.3 Å². The van der Waals surface area contributed by atoms with Gasteiger partial charge in [0.25, 0.3) is 0 Å². The van der Waals surface area contributed by atoms with E-state index in [2.05, 4.69) is 13.8 Å². The predicted octanol–water partition coefficient (Wildman–Crippen LogP) is 1.81. The summed E-state index contributed by atoms with van der Waals surface area (Å²) in [5.41, 5.74) is -0.599. The van der Waals surface area contributed by atoms with Gasteiger partial charge >= 0.3 is 0 Å². The summed E-state index contributed by atoms with van der Waals surface area (Å²) in [6.45, 7) is 7.90. The van der Waals surface area contributed by atoms with Crippen molar-refractivity contribution in [2.75, 3.05) is 14.2 Å². The number of nitrogens with zero attached hydrogens (tertiary/aromatic N) is 1. The SMILES string of the molecule is COC(OC)C(C)C(=O)N1C(=O)[C@]2(C)CC[C@H]1C2(C)C. The van der Waals surface area contributed by atoms with Crippen LogP contribution >= 0.6 is 0 Å². The van der Waals surface area contributed by atoms with Crippen LogP contribution in [0.4, 0.5) is 0 Å². The standard InChI is InChI=1S/C15H25NO4/c1-9(12(19-5)20-6)11(17)16-10-7-8-15(4,13(16)18)14(10,2)3/h9-10,12H,7-8H2,1-6H3/t9?,10-,15-/m0/s1. The molecule has 2 rings (SSSR count). The normalized spacial score (nSPS) is 33.0. The van der Waals surface area contributed by atoms with Crippen molar-refractivity contribution in [2.45, 2.75) is 52.9 Å². The van der Waals surface area contributed by atoms with Gasteiger partial charge in [0.15, 0.2) is 6.29 Å². The predicted molar refractivity (Wildman–Crippen MR) is 73.7 cm³/mol. The van der Waals surface area contributed by atoms with E-state index in [9.17, 15) is 9.59 Å². The van der Waals surface area contributed by atoms with Crippen LogP contribution in [-0.4, -0.2) is 43.3 Å². The highest BCUT2D eigenvalue weighted by Gasteiger charge is 2.67. The number of carbonyl (C=O) groups is 2. The van der Waals surface area contributed by atoms with E-state index in [0.717, 1.165) is 12.8 Å². The number of rotatable bonds is 4. The van der Waals surface area contributed by atoms with Gasteiger partial charge in [0.1, 0.15) is 0 Å². The number of fused-ring (bicyclic) bond motifs is 2. The number of imide groups is 1. The Balaban J connectivity index is 2.27. The number of hydrogen-bond donors (Lipinski definition) is 0. The van der Waals surface area contributed by atoms with Crippen LogP contribution < -0.4 is 0 Å². The monoisotopic (exact) mass is 283 g/mol. The molecule has 1 unspecified atom stereocenters. The van der Waals surface area contributed by atoms with Gasteiger partial charge in [-0.3, -0.25) is 14.5 Å². The van der Waals surface area contributed by atoms with Gasteiger partial charge in [-0.05, 0) is 25.2 Å². The van der Waals surface area contributed by atoms with Gasteiger partial charge in [0.2, 0.25) is 11.8 Å². The van der Waals surface area contributed by atoms with Crippen molar-refractivity contribution in [3.8, 4) is 0 Å². The topological polar surface area (TPSA) is 55.8 Å². The van der Waals surface area contributed by atoms with Crippen LogP contribution in [0.5, 0.6) is 0 Å². The second-order valence-electron chi connectivity index (χ2n) is 6.75. The largest absolute Gasteiger partial charge is 0.355 e. The van der Waals surface area contributed by atoms with Gasteiger partial charge in [-0.15, -0.1) is 0 Å². The van der Waals surface area contributed by atoms with Crippen LogP contribution in [0.2, 0.25) is 0 Å². The molecule has 2 bridgehead atoms. The van der Waals surface area contributed by atoms with E-state index in [1.165, 1.54) is 19.1 Å². The molecular weight excluding hydrogens is 258 g/mol. The first kappa shape index (κ1) is 15.4. The van der Waals surface area contributed by atoms with Crippen LogP contribution in [0.3, 0.4) is 0 Å². The first-order valence-corrected chi connectivity index (χ1v) is 7.15. The average molecular weight is 283 g/mol. The number of carbonyl (C=O) groups excluding carboxylic acids is 2. The highest BCUT2D eigenvalue weighted by Crippen LogP contribution is 2.60. The molecular formula is C15H25NO4. The van der Waals surface area contributed by atoms with Crippen molar-refractivity contribution in [1.29, 1.82) is 0 Å². The summed E-state index contributed by atoms with van der Waals surface area (Å²) in [5.74, 6) is -0.723. The zero-order chi connectivity index (χ0) is 15.3. The second-order valence-corrected chi connectivity index (χ2v) is 6.75. The number of piperidine rings is 1. The van der Waals surface area contributed by atoms with E-state index in [1.807, 2.05) is 6.92 Å². The Bertz CT molecular complexity index is 430. The highest BCUT2D eigenvalue weighted by molar-refractivity contribution is 6.02. The van der Waals surface area contributed by atoms with Crippen LogP contribution in [-0.2, 0) is 19.1 Å². The van der Waals surface area contributed by atoms with Gasteiger partial charge in [-0.1, -0.05) is 20.8 Å². The molecule has 5 nitrogen and oxygen atoms in total. The van der Waals surface area contributed by atoms with Crippen molar-refractivity contribution in [1.82, 2.24) is 4.90 Å². The number of ether oxygens (including phenoxy) is 2. The smallest absolute Gasteiger partial charge is 0.237 e. The molecule has 1 heterocycles. The van der Waals surface area contributed by atoms with Crippen LogP contribution in [0, 0.1) is 16.7 Å². The van der Waals surface area contributed by atoms with Crippen LogP contribution in [0.15, 0.2) is 0 Å². The molecule has 2 aliphatic rings. The third kappa shape index (κ3) is 1.76. The molecule has 2 fully saturated rings. The molecule has 0 aromatic carbocycles. The molecule has 0 radical (unpaired) electrons. The molecule has 0 aromatic rings. The third-order valence-corrected chi connectivity index (χ3v) is 5.68. The Morgan fingerprint density at radius 1 is 1.30 bits per heavy atom. The molecule has 3 atom stereocenters. The lowest BCUT2D eigenvalue weighted by atomic mass is 9.70. The fourth-order valence-electron chi connectivity index (χ4n) is 3.81. The van der Waals surface area contributed by atoms with E-state index in [4.69, 9.17) is 9.47 Å². The van der Waals surface area contributed by atoms with Crippen molar-refractivity contribution < 1.29 is 19.1 Å². The summed E-state index contributed by atoms with van der Waals surface area (Å²) in [6.07, 6.45) is 1.13. The van der Waals surface area contributed by atoms with Crippen molar-refractivity contribution in [2.24, 2.45) is 16.7 Å². The third-order valence-electron chi connectivity index (χ3n) is 5.68. The van der Waals surface area contributed by atoms with E-state index in [0.29, 0.717) is 0 Å². The quantitative estimate of drug-likeness (QED) is 0.738. The Morgan fingerprint density at radius 3 is 2.25 bits per heavy atom. The fourth-order valence-corrected chi connectivity index (χ4v) is 3.81. The maximum Gasteiger partial charge on any atom is 0.237 e. The Kier molecular flexibility index (Phi) is 3.71. The molecule has 1 saturated heterocycles. The van der Waals surface area contributed by atoms with Gasteiger partial charge in [-0.2, -0.15) is 0 Å². The molecule has 1 aliphatic carbocycles. The number of likely N-dealkylation sites (tertiary alicyclic amines) is 1. The maximum atomic E-state index is 12.7. The van der Waals surface area contributed by atoms with Crippen LogP contribution in [0.1, 0.15) is 40.5 Å². The lowest BCUT2D eigenvalue weighted by Crippen LogP contribution is -2.49. The molecule has 1 saturated carbocycles. The number of methoxy groups -OCH3 is 2. The number of hydrogen-bond acceptors (Lipinski definition) is 4. The van der Waals surface area contributed by atoms with Crippen molar-refractivity contribution >= 4 is 11.8 Å². The minimum atomic E-state index is -0.620. The van der Waals surface area contributed by atoms with Crippen molar-refractivity contribution in [3.05, 3.63) is 0 Å². The molecule has 0 spiro atoms.